The Morgan fingerprint density at radius 2 is 2.00 bits per heavy atom. The molecule has 1 aromatic heterocycles. The summed E-state index contributed by atoms with van der Waals surface area (Å²) in [5, 5.41) is 12.6. The van der Waals surface area contributed by atoms with Crippen LogP contribution in [0.5, 0.6) is 0 Å². The van der Waals surface area contributed by atoms with Gasteiger partial charge in [-0.15, -0.1) is 0 Å². The first-order valence-electron chi connectivity index (χ1n) is 6.96. The number of nitrogens with one attached hydrogen (secondary N) is 1. The minimum absolute atomic E-state index is 0.000584. The average molecular weight is 353 g/mol. The molecule has 0 spiro atoms. The van der Waals surface area contributed by atoms with Gasteiger partial charge in [0, 0.05) is 11.4 Å². The fourth-order valence-corrected chi connectivity index (χ4v) is 2.52. The van der Waals surface area contributed by atoms with Gasteiger partial charge in [0.1, 0.15) is 5.82 Å². The second-order valence-corrected chi connectivity index (χ2v) is 5.99. The van der Waals surface area contributed by atoms with Crippen molar-refractivity contribution in [3.8, 4) is 0 Å². The van der Waals surface area contributed by atoms with Crippen molar-refractivity contribution in [3.63, 3.8) is 0 Å². The molecule has 7 nitrogen and oxygen atoms in total. The van der Waals surface area contributed by atoms with Gasteiger partial charge in [-0.3, -0.25) is 10.0 Å². The second kappa shape index (κ2) is 7.84. The van der Waals surface area contributed by atoms with E-state index in [0.717, 1.165) is 4.90 Å². The number of carbonyl (C=O) groups is 2. The predicted molar refractivity (Wildman–Crippen MR) is 84.2 cm³/mol. The second-order valence-electron chi connectivity index (χ2n) is 4.92. The average Bonchev–Trinajstić information content (AvgIpc) is 3.02. The van der Waals surface area contributed by atoms with E-state index in [1.54, 1.807) is 18.2 Å². The van der Waals surface area contributed by atoms with Crippen LogP contribution < -0.4 is 11.1 Å². The van der Waals surface area contributed by atoms with Crippen LogP contribution >= 0.6 is 11.8 Å². The lowest BCUT2D eigenvalue weighted by atomic mass is 10.3. The van der Waals surface area contributed by atoms with Crippen LogP contribution in [0.3, 0.4) is 0 Å². The van der Waals surface area contributed by atoms with Crippen LogP contribution in [0.4, 0.5) is 9.18 Å². The molecular weight excluding hydrogens is 337 g/mol. The normalized spacial score (nSPS) is 11.8. The van der Waals surface area contributed by atoms with Crippen LogP contribution in [0.2, 0.25) is 0 Å². The van der Waals surface area contributed by atoms with Crippen molar-refractivity contribution in [2.45, 2.75) is 23.0 Å². The van der Waals surface area contributed by atoms with E-state index >= 15 is 0 Å². The van der Waals surface area contributed by atoms with Gasteiger partial charge in [0.05, 0.1) is 6.04 Å². The fourth-order valence-electron chi connectivity index (χ4n) is 1.75. The number of hydrogen-bond donors (Lipinski definition) is 3. The highest BCUT2D eigenvalue weighted by Crippen LogP contribution is 2.29. The minimum Gasteiger partial charge on any atom is -0.444 e. The van der Waals surface area contributed by atoms with E-state index in [4.69, 9.17) is 10.2 Å². The van der Waals surface area contributed by atoms with Crippen molar-refractivity contribution in [1.82, 2.24) is 10.4 Å². The summed E-state index contributed by atoms with van der Waals surface area (Å²) in [6, 6.07) is 7.29. The van der Waals surface area contributed by atoms with Crippen molar-refractivity contribution in [1.29, 1.82) is 0 Å². The van der Waals surface area contributed by atoms with Crippen molar-refractivity contribution in [2.24, 2.45) is 5.73 Å². The van der Waals surface area contributed by atoms with Gasteiger partial charge in [-0.25, -0.2) is 14.2 Å². The molecule has 0 saturated heterocycles. The van der Waals surface area contributed by atoms with Gasteiger partial charge in [-0.05, 0) is 43.3 Å². The molecule has 2 aromatic rings. The zero-order valence-electron chi connectivity index (χ0n) is 12.7. The highest BCUT2D eigenvalue weighted by molar-refractivity contribution is 7.99. The molecule has 0 saturated carbocycles. The largest absolute Gasteiger partial charge is 0.444 e. The number of hydrogen-bond acceptors (Lipinski definition) is 5. The number of nitrogens with two attached hydrogens (primary N) is 1. The molecular formula is C15H16FN3O4S. The third-order valence-electron chi connectivity index (χ3n) is 3.04. The third-order valence-corrected chi connectivity index (χ3v) is 3.97. The summed E-state index contributed by atoms with van der Waals surface area (Å²) in [5.41, 5.74) is 4.92. The number of rotatable bonds is 6. The number of furan rings is 1. The van der Waals surface area contributed by atoms with E-state index in [9.17, 15) is 19.2 Å². The van der Waals surface area contributed by atoms with Crippen molar-refractivity contribution >= 4 is 23.7 Å². The maximum absolute atomic E-state index is 12.9. The molecule has 1 heterocycles. The SMILES string of the molecule is C[C@H](CNC(=O)c1ccc(Sc2ccc(F)cc2)o1)N(O)C(N)=O. The third kappa shape index (κ3) is 4.74. The monoisotopic (exact) mass is 353 g/mol. The van der Waals surface area contributed by atoms with E-state index in [0.29, 0.717) is 10.2 Å². The number of nitrogens with zero attached hydrogens (tertiary/aromatic N) is 1. The van der Waals surface area contributed by atoms with Gasteiger partial charge in [-0.2, -0.15) is 0 Å². The summed E-state index contributed by atoms with van der Waals surface area (Å²) >= 11 is 1.24. The molecule has 0 bridgehead atoms. The molecule has 0 radical (unpaired) electrons. The van der Waals surface area contributed by atoms with Crippen molar-refractivity contribution in [2.75, 3.05) is 6.54 Å². The zero-order valence-corrected chi connectivity index (χ0v) is 13.5. The Bertz CT molecular complexity index is 720. The lowest BCUT2D eigenvalue weighted by Crippen LogP contribution is -2.45. The van der Waals surface area contributed by atoms with Gasteiger partial charge in [-0.1, -0.05) is 11.8 Å². The molecule has 9 heteroatoms. The molecule has 0 aliphatic carbocycles. The summed E-state index contributed by atoms with van der Waals surface area (Å²) in [4.78, 5) is 23.5. The first-order chi connectivity index (χ1) is 11.4. The Balaban J connectivity index is 1.91. The zero-order chi connectivity index (χ0) is 17.7. The lowest BCUT2D eigenvalue weighted by molar-refractivity contribution is -0.0682. The van der Waals surface area contributed by atoms with Crippen LogP contribution in [0.25, 0.3) is 0 Å². The highest BCUT2D eigenvalue weighted by atomic mass is 32.2. The Morgan fingerprint density at radius 1 is 1.33 bits per heavy atom. The fraction of sp³-hybridized carbons (Fsp3) is 0.200. The van der Waals surface area contributed by atoms with Crippen LogP contribution in [0.15, 0.2) is 50.8 Å². The Morgan fingerprint density at radius 3 is 2.62 bits per heavy atom. The molecule has 2 rings (SSSR count). The molecule has 0 unspecified atom stereocenters. The summed E-state index contributed by atoms with van der Waals surface area (Å²) in [6.07, 6.45) is 0. The number of benzene rings is 1. The lowest BCUT2D eigenvalue weighted by Gasteiger charge is -2.20. The standard InChI is InChI=1S/C15H16FN3O4S/c1-9(19(22)15(17)21)8-18-14(20)12-6-7-13(23-12)24-11-4-2-10(16)3-5-11/h2-7,9,22H,8H2,1H3,(H2,17,21)(H,18,20)/t9-/m1/s1. The van der Waals surface area contributed by atoms with Gasteiger partial charge in [0.15, 0.2) is 10.9 Å². The quantitative estimate of drug-likeness (QED) is 0.546. The highest BCUT2D eigenvalue weighted by Gasteiger charge is 2.18. The number of urea groups is 1. The maximum atomic E-state index is 12.9. The van der Waals surface area contributed by atoms with Gasteiger partial charge in [0.2, 0.25) is 0 Å². The van der Waals surface area contributed by atoms with Crippen LogP contribution in [0.1, 0.15) is 17.5 Å². The Labute approximate surface area is 141 Å². The van der Waals surface area contributed by atoms with Crippen LogP contribution in [0, 0.1) is 5.82 Å². The van der Waals surface area contributed by atoms with Crippen LogP contribution in [-0.2, 0) is 0 Å². The first-order valence-corrected chi connectivity index (χ1v) is 7.77. The summed E-state index contributed by atoms with van der Waals surface area (Å²) < 4.78 is 18.3. The van der Waals surface area contributed by atoms with Crippen LogP contribution in [-0.4, -0.2) is 34.8 Å². The number of carbonyl (C=O) groups excluding carboxylic acids is 2. The van der Waals surface area contributed by atoms with Gasteiger partial charge in [0.25, 0.3) is 5.91 Å². The van der Waals surface area contributed by atoms with Crippen molar-refractivity contribution in [3.05, 3.63) is 48.0 Å². The van der Waals surface area contributed by atoms with E-state index in [1.807, 2.05) is 0 Å². The maximum Gasteiger partial charge on any atom is 0.338 e. The van der Waals surface area contributed by atoms with E-state index in [2.05, 4.69) is 5.32 Å². The first kappa shape index (κ1) is 17.8. The van der Waals surface area contributed by atoms with Gasteiger partial charge < -0.3 is 15.5 Å². The van der Waals surface area contributed by atoms with Crippen molar-refractivity contribution < 1.29 is 23.6 Å². The molecule has 4 N–H and O–H groups in total. The van der Waals surface area contributed by atoms with Gasteiger partial charge >= 0.3 is 6.03 Å². The molecule has 1 atom stereocenters. The summed E-state index contributed by atoms with van der Waals surface area (Å²) in [5.74, 6) is -0.747. The molecule has 128 valence electrons. The number of primary amides is 1. The molecule has 0 aliphatic heterocycles. The smallest absolute Gasteiger partial charge is 0.338 e. The Kier molecular flexibility index (Phi) is 5.83. The molecule has 0 fully saturated rings. The number of halogens is 1. The molecule has 1 aromatic carbocycles. The topological polar surface area (TPSA) is 109 Å². The number of hydroxylamine groups is 2. The molecule has 0 aliphatic rings. The molecule has 3 amide bonds. The predicted octanol–water partition coefficient (Wildman–Crippen LogP) is 2.46. The number of amides is 3. The van der Waals surface area contributed by atoms with E-state index < -0.39 is 18.0 Å². The summed E-state index contributed by atoms with van der Waals surface area (Å²) in [6.45, 7) is 1.52. The molecule has 24 heavy (non-hydrogen) atoms. The Hall–Kier alpha value is -2.52. The summed E-state index contributed by atoms with van der Waals surface area (Å²) in [7, 11) is 0. The minimum atomic E-state index is -1.01. The van der Waals surface area contributed by atoms with E-state index in [1.165, 1.54) is 36.9 Å². The van der Waals surface area contributed by atoms with E-state index in [-0.39, 0.29) is 18.1 Å².